The molecule has 0 bridgehead atoms. The van der Waals surface area contributed by atoms with Crippen molar-refractivity contribution < 1.29 is 4.79 Å². The lowest BCUT2D eigenvalue weighted by molar-refractivity contribution is -0.123. The third kappa shape index (κ3) is 2.48. The Morgan fingerprint density at radius 1 is 1.70 bits per heavy atom. The number of nitrogens with one attached hydrogen (secondary N) is 1. The van der Waals surface area contributed by atoms with Crippen LogP contribution in [0.2, 0.25) is 0 Å². The van der Waals surface area contributed by atoms with Crippen molar-refractivity contribution in [2.45, 2.75) is 26.3 Å². The minimum Gasteiger partial charge on any atom is -0.368 e. The number of hydrazone groups is 1. The molecule has 0 saturated heterocycles. The highest BCUT2D eigenvalue weighted by Crippen LogP contribution is 1.98. The predicted molar refractivity (Wildman–Crippen MR) is 40.6 cm³/mol. The summed E-state index contributed by atoms with van der Waals surface area (Å²) in [6.07, 6.45) is 1.56. The molecule has 0 saturated carbocycles. The zero-order chi connectivity index (χ0) is 8.20. The molecule has 0 spiro atoms. The Morgan fingerprint density at radius 3 is 2.50 bits per heavy atom. The lowest BCUT2D eigenvalue weighted by Crippen LogP contribution is -2.48. The van der Waals surface area contributed by atoms with Crippen molar-refractivity contribution >= 4 is 12.1 Å². The first kappa shape index (κ1) is 8.94. The largest absolute Gasteiger partial charge is 0.368 e. The van der Waals surface area contributed by atoms with E-state index < -0.39 is 11.4 Å². The highest BCUT2D eigenvalue weighted by molar-refractivity contribution is 5.83. The van der Waals surface area contributed by atoms with Gasteiger partial charge in [-0.1, -0.05) is 0 Å². The first-order valence-corrected chi connectivity index (χ1v) is 3.05. The molecule has 0 atom stereocenters. The Morgan fingerprint density at radius 2 is 2.20 bits per heavy atom. The zero-order valence-electron chi connectivity index (χ0n) is 6.51. The van der Waals surface area contributed by atoms with Gasteiger partial charge >= 0.3 is 0 Å². The first-order chi connectivity index (χ1) is 4.50. The average molecular weight is 143 g/mol. The molecule has 0 fully saturated rings. The fraction of sp³-hybridized carbons (Fsp3) is 0.667. The SMILES string of the molecule is C/C=N\NC(C)(C)C(N)=O. The molecule has 0 unspecified atom stereocenters. The molecule has 0 aromatic carbocycles. The Balaban J connectivity index is 3.99. The fourth-order valence-corrected chi connectivity index (χ4v) is 0.281. The van der Waals surface area contributed by atoms with Crippen molar-refractivity contribution in [1.82, 2.24) is 5.43 Å². The van der Waals surface area contributed by atoms with Gasteiger partial charge in [0.05, 0.1) is 0 Å². The summed E-state index contributed by atoms with van der Waals surface area (Å²) >= 11 is 0. The van der Waals surface area contributed by atoms with Crippen molar-refractivity contribution in [2.24, 2.45) is 10.8 Å². The summed E-state index contributed by atoms with van der Waals surface area (Å²) in [5, 5.41) is 3.69. The van der Waals surface area contributed by atoms with Crippen LogP contribution in [0, 0.1) is 0 Å². The maximum atomic E-state index is 10.6. The molecule has 10 heavy (non-hydrogen) atoms. The second-order valence-corrected chi connectivity index (χ2v) is 2.49. The van der Waals surface area contributed by atoms with Crippen molar-refractivity contribution in [3.8, 4) is 0 Å². The standard InChI is InChI=1S/C6H13N3O/c1-4-8-9-6(2,3)5(7)10/h4,9H,1-3H3,(H2,7,10)/b8-4-. The monoisotopic (exact) mass is 143 g/mol. The van der Waals surface area contributed by atoms with Gasteiger partial charge in [-0.3, -0.25) is 10.2 Å². The van der Waals surface area contributed by atoms with Crippen LogP contribution in [-0.4, -0.2) is 17.7 Å². The van der Waals surface area contributed by atoms with Gasteiger partial charge in [0.25, 0.3) is 0 Å². The van der Waals surface area contributed by atoms with Gasteiger partial charge in [0.1, 0.15) is 5.54 Å². The number of nitrogens with zero attached hydrogens (tertiary/aromatic N) is 1. The number of carbonyl (C=O) groups is 1. The van der Waals surface area contributed by atoms with E-state index in [-0.39, 0.29) is 0 Å². The van der Waals surface area contributed by atoms with Crippen LogP contribution >= 0.6 is 0 Å². The number of hydrogen-bond acceptors (Lipinski definition) is 3. The van der Waals surface area contributed by atoms with E-state index in [0.717, 1.165) is 0 Å². The van der Waals surface area contributed by atoms with Gasteiger partial charge in [-0.2, -0.15) is 5.10 Å². The van der Waals surface area contributed by atoms with Gasteiger partial charge in [-0.25, -0.2) is 0 Å². The van der Waals surface area contributed by atoms with E-state index >= 15 is 0 Å². The second-order valence-electron chi connectivity index (χ2n) is 2.49. The fourth-order valence-electron chi connectivity index (χ4n) is 0.281. The van der Waals surface area contributed by atoms with Crippen LogP contribution in [-0.2, 0) is 4.79 Å². The molecule has 1 amide bonds. The molecule has 0 rings (SSSR count). The van der Waals surface area contributed by atoms with E-state index in [4.69, 9.17) is 5.73 Å². The third-order valence-electron chi connectivity index (χ3n) is 1.09. The summed E-state index contributed by atoms with van der Waals surface area (Å²) in [7, 11) is 0. The Hall–Kier alpha value is -1.06. The highest BCUT2D eigenvalue weighted by atomic mass is 16.1. The van der Waals surface area contributed by atoms with Gasteiger partial charge in [0, 0.05) is 6.21 Å². The molecule has 0 aromatic heterocycles. The van der Waals surface area contributed by atoms with Crippen molar-refractivity contribution in [3.63, 3.8) is 0 Å². The molecule has 0 heterocycles. The number of amides is 1. The molecular weight excluding hydrogens is 130 g/mol. The minimum absolute atomic E-state index is 0.418. The Bertz CT molecular complexity index is 151. The predicted octanol–water partition coefficient (Wildman–Crippen LogP) is -0.154. The van der Waals surface area contributed by atoms with Crippen LogP contribution in [0.3, 0.4) is 0 Å². The van der Waals surface area contributed by atoms with Gasteiger partial charge in [-0.15, -0.1) is 0 Å². The van der Waals surface area contributed by atoms with Gasteiger partial charge in [-0.05, 0) is 20.8 Å². The lowest BCUT2D eigenvalue weighted by atomic mass is 10.1. The molecule has 4 heteroatoms. The van der Waals surface area contributed by atoms with Crippen LogP contribution in [0.15, 0.2) is 5.10 Å². The van der Waals surface area contributed by atoms with Crippen LogP contribution in [0.1, 0.15) is 20.8 Å². The smallest absolute Gasteiger partial charge is 0.244 e. The first-order valence-electron chi connectivity index (χ1n) is 3.05. The summed E-state index contributed by atoms with van der Waals surface area (Å²) in [5.41, 5.74) is 6.88. The second kappa shape index (κ2) is 3.20. The van der Waals surface area contributed by atoms with Gasteiger partial charge in [0.15, 0.2) is 0 Å². The maximum absolute atomic E-state index is 10.6. The third-order valence-corrected chi connectivity index (χ3v) is 1.09. The van der Waals surface area contributed by atoms with Gasteiger partial charge in [0.2, 0.25) is 5.91 Å². The summed E-state index contributed by atoms with van der Waals surface area (Å²) < 4.78 is 0. The summed E-state index contributed by atoms with van der Waals surface area (Å²) in [6.45, 7) is 5.09. The number of hydrogen-bond donors (Lipinski definition) is 2. The number of carbonyl (C=O) groups excluding carboxylic acids is 1. The van der Waals surface area contributed by atoms with E-state index in [9.17, 15) is 4.79 Å². The number of rotatable bonds is 3. The minimum atomic E-state index is -0.757. The summed E-state index contributed by atoms with van der Waals surface area (Å²) in [4.78, 5) is 10.6. The Kier molecular flexibility index (Phi) is 2.86. The van der Waals surface area contributed by atoms with Crippen LogP contribution in [0.5, 0.6) is 0 Å². The normalized spacial score (nSPS) is 11.9. The quantitative estimate of drug-likeness (QED) is 0.426. The molecule has 0 aliphatic rings. The number of primary amides is 1. The molecule has 0 radical (unpaired) electrons. The molecule has 4 nitrogen and oxygen atoms in total. The van der Waals surface area contributed by atoms with E-state index in [1.54, 1.807) is 27.0 Å². The topological polar surface area (TPSA) is 67.5 Å². The Labute approximate surface area is 60.5 Å². The summed E-state index contributed by atoms with van der Waals surface area (Å²) in [5.74, 6) is -0.418. The average Bonchev–Trinajstić information content (AvgIpc) is 1.84. The maximum Gasteiger partial charge on any atom is 0.244 e. The molecular formula is C6H13N3O. The van der Waals surface area contributed by atoms with E-state index in [0.29, 0.717) is 0 Å². The van der Waals surface area contributed by atoms with Crippen LogP contribution in [0.4, 0.5) is 0 Å². The van der Waals surface area contributed by atoms with Crippen LogP contribution in [0.25, 0.3) is 0 Å². The van der Waals surface area contributed by atoms with Gasteiger partial charge < -0.3 is 5.73 Å². The number of nitrogens with two attached hydrogens (primary N) is 1. The van der Waals surface area contributed by atoms with E-state index in [1.165, 1.54) is 0 Å². The van der Waals surface area contributed by atoms with E-state index in [2.05, 4.69) is 10.5 Å². The molecule has 58 valence electrons. The molecule has 0 aliphatic heterocycles. The molecule has 0 aliphatic carbocycles. The van der Waals surface area contributed by atoms with E-state index in [1.807, 2.05) is 0 Å². The summed E-state index contributed by atoms with van der Waals surface area (Å²) in [6, 6.07) is 0. The zero-order valence-corrected chi connectivity index (χ0v) is 6.51. The highest BCUT2D eigenvalue weighted by Gasteiger charge is 2.23. The lowest BCUT2D eigenvalue weighted by Gasteiger charge is -2.18. The molecule has 0 aromatic rings. The van der Waals surface area contributed by atoms with Crippen molar-refractivity contribution in [3.05, 3.63) is 0 Å². The molecule has 3 N–H and O–H groups in total. The van der Waals surface area contributed by atoms with Crippen molar-refractivity contribution in [1.29, 1.82) is 0 Å². The van der Waals surface area contributed by atoms with Crippen LogP contribution < -0.4 is 11.2 Å². The van der Waals surface area contributed by atoms with Crippen molar-refractivity contribution in [2.75, 3.05) is 0 Å².